The summed E-state index contributed by atoms with van der Waals surface area (Å²) < 4.78 is 12.9. The smallest absolute Gasteiger partial charge is 0.123 e. The number of likely N-dealkylation sites (N-methyl/N-ethyl adjacent to an activating group) is 1. The molecule has 0 aliphatic carbocycles. The van der Waals surface area contributed by atoms with Gasteiger partial charge in [0.05, 0.1) is 0 Å². The van der Waals surface area contributed by atoms with Crippen molar-refractivity contribution in [1.82, 2.24) is 4.90 Å². The Labute approximate surface area is 124 Å². The van der Waals surface area contributed by atoms with Crippen LogP contribution in [0.1, 0.15) is 26.9 Å². The quantitative estimate of drug-likeness (QED) is 0.911. The average molecular weight is 292 g/mol. The highest BCUT2D eigenvalue weighted by Gasteiger charge is 2.19. The van der Waals surface area contributed by atoms with Crippen LogP contribution in [0.25, 0.3) is 0 Å². The minimum atomic E-state index is -0.198. The molecule has 0 radical (unpaired) electrons. The largest absolute Gasteiger partial charge is 0.329 e. The number of nitrogens with zero attached hydrogens (tertiary/aromatic N) is 1. The Morgan fingerprint density at radius 1 is 1.25 bits per heavy atom. The van der Waals surface area contributed by atoms with Crippen molar-refractivity contribution in [1.29, 1.82) is 0 Å². The second kappa shape index (κ2) is 6.48. The molecule has 2 rings (SSSR count). The lowest BCUT2D eigenvalue weighted by Crippen LogP contribution is -2.30. The molecule has 1 aromatic carbocycles. The van der Waals surface area contributed by atoms with Crippen molar-refractivity contribution in [2.75, 3.05) is 13.6 Å². The fourth-order valence-electron chi connectivity index (χ4n) is 2.51. The molecule has 1 heterocycles. The van der Waals surface area contributed by atoms with Crippen molar-refractivity contribution in [2.45, 2.75) is 26.4 Å². The molecule has 108 valence electrons. The molecule has 2 N–H and O–H groups in total. The summed E-state index contributed by atoms with van der Waals surface area (Å²) in [6.45, 7) is 5.60. The lowest BCUT2D eigenvalue weighted by atomic mass is 10.1. The standard InChI is InChI=1S/C16H21FN2S/c1-11-8-15(12(2)20-11)16(9-18)19(3)10-13-4-6-14(17)7-5-13/h4-8,16H,9-10,18H2,1-3H3. The van der Waals surface area contributed by atoms with E-state index < -0.39 is 0 Å². The highest BCUT2D eigenvalue weighted by molar-refractivity contribution is 7.12. The molecule has 1 unspecified atom stereocenters. The molecule has 0 bridgehead atoms. The van der Waals surface area contributed by atoms with Gasteiger partial charge in [0, 0.05) is 28.9 Å². The molecule has 0 spiro atoms. The predicted molar refractivity (Wildman–Crippen MR) is 83.5 cm³/mol. The Morgan fingerprint density at radius 2 is 1.90 bits per heavy atom. The first kappa shape index (κ1) is 15.2. The highest BCUT2D eigenvalue weighted by Crippen LogP contribution is 2.29. The van der Waals surface area contributed by atoms with Gasteiger partial charge in [-0.05, 0) is 50.2 Å². The van der Waals surface area contributed by atoms with Crippen LogP contribution in [-0.4, -0.2) is 18.5 Å². The normalized spacial score (nSPS) is 12.9. The summed E-state index contributed by atoms with van der Waals surface area (Å²) in [5.74, 6) is -0.198. The van der Waals surface area contributed by atoms with Crippen LogP contribution < -0.4 is 5.73 Å². The van der Waals surface area contributed by atoms with Crippen LogP contribution in [0, 0.1) is 19.7 Å². The number of hydrogen-bond donors (Lipinski definition) is 1. The maximum Gasteiger partial charge on any atom is 0.123 e. The first-order valence-electron chi connectivity index (χ1n) is 6.73. The molecule has 2 nitrogen and oxygen atoms in total. The number of hydrogen-bond acceptors (Lipinski definition) is 3. The van der Waals surface area contributed by atoms with Crippen LogP contribution in [0.15, 0.2) is 30.3 Å². The Hall–Kier alpha value is -1.23. The second-order valence-electron chi connectivity index (χ2n) is 5.16. The van der Waals surface area contributed by atoms with Crippen molar-refractivity contribution in [3.8, 4) is 0 Å². The lowest BCUT2D eigenvalue weighted by molar-refractivity contribution is 0.241. The van der Waals surface area contributed by atoms with Gasteiger partial charge in [0.25, 0.3) is 0 Å². The number of rotatable bonds is 5. The summed E-state index contributed by atoms with van der Waals surface area (Å²) in [5.41, 5.74) is 8.36. The van der Waals surface area contributed by atoms with E-state index in [-0.39, 0.29) is 11.9 Å². The molecule has 1 atom stereocenters. The summed E-state index contributed by atoms with van der Waals surface area (Å²) in [6, 6.07) is 9.07. The molecule has 0 saturated carbocycles. The van der Waals surface area contributed by atoms with Gasteiger partial charge in [-0.1, -0.05) is 12.1 Å². The minimum Gasteiger partial charge on any atom is -0.329 e. The molecule has 0 aliphatic rings. The first-order chi connectivity index (χ1) is 9.51. The average Bonchev–Trinajstić information content (AvgIpc) is 2.72. The van der Waals surface area contributed by atoms with Gasteiger partial charge in [0.15, 0.2) is 0 Å². The zero-order valence-electron chi connectivity index (χ0n) is 12.2. The van der Waals surface area contributed by atoms with Crippen molar-refractivity contribution >= 4 is 11.3 Å². The van der Waals surface area contributed by atoms with E-state index in [2.05, 4.69) is 31.9 Å². The summed E-state index contributed by atoms with van der Waals surface area (Å²) in [5, 5.41) is 0. The Balaban J connectivity index is 2.15. The van der Waals surface area contributed by atoms with Crippen LogP contribution >= 0.6 is 11.3 Å². The number of nitrogens with two attached hydrogens (primary N) is 1. The maximum atomic E-state index is 12.9. The van der Waals surface area contributed by atoms with E-state index in [1.165, 1.54) is 27.5 Å². The first-order valence-corrected chi connectivity index (χ1v) is 7.54. The predicted octanol–water partition coefficient (Wildman–Crippen LogP) is 3.64. The second-order valence-corrected chi connectivity index (χ2v) is 6.62. The molecule has 0 amide bonds. The third kappa shape index (κ3) is 3.45. The Kier molecular flexibility index (Phi) is 4.91. The van der Waals surface area contributed by atoms with E-state index in [1.54, 1.807) is 11.3 Å². The van der Waals surface area contributed by atoms with Crippen LogP contribution in [0.3, 0.4) is 0 Å². The van der Waals surface area contributed by atoms with E-state index in [9.17, 15) is 4.39 Å². The highest BCUT2D eigenvalue weighted by atomic mass is 32.1. The van der Waals surface area contributed by atoms with Crippen molar-refractivity contribution in [3.05, 3.63) is 57.0 Å². The molecule has 4 heteroatoms. The van der Waals surface area contributed by atoms with Crippen molar-refractivity contribution in [3.63, 3.8) is 0 Å². The van der Waals surface area contributed by atoms with Gasteiger partial charge in [-0.2, -0.15) is 0 Å². The van der Waals surface area contributed by atoms with Crippen LogP contribution in [0.4, 0.5) is 4.39 Å². The third-order valence-corrected chi connectivity index (χ3v) is 4.52. The minimum absolute atomic E-state index is 0.198. The Bertz CT molecular complexity index is 562. The zero-order valence-corrected chi connectivity index (χ0v) is 13.0. The van der Waals surface area contributed by atoms with E-state index in [0.29, 0.717) is 6.54 Å². The molecule has 1 aromatic heterocycles. The lowest BCUT2D eigenvalue weighted by Gasteiger charge is -2.27. The molecule has 20 heavy (non-hydrogen) atoms. The summed E-state index contributed by atoms with van der Waals surface area (Å²) in [7, 11) is 2.06. The molecule has 0 fully saturated rings. The van der Waals surface area contributed by atoms with Crippen LogP contribution in [0.5, 0.6) is 0 Å². The number of thiophene rings is 1. The SMILES string of the molecule is Cc1cc(C(CN)N(C)Cc2ccc(F)cc2)c(C)s1. The Morgan fingerprint density at radius 3 is 2.40 bits per heavy atom. The third-order valence-electron chi connectivity index (χ3n) is 3.54. The van der Waals surface area contributed by atoms with E-state index in [1.807, 2.05) is 12.1 Å². The number of benzene rings is 1. The summed E-state index contributed by atoms with van der Waals surface area (Å²) in [4.78, 5) is 4.86. The van der Waals surface area contributed by atoms with Gasteiger partial charge in [-0.25, -0.2) is 4.39 Å². The monoisotopic (exact) mass is 292 g/mol. The van der Waals surface area contributed by atoms with Gasteiger partial charge in [0.1, 0.15) is 5.82 Å². The molecular weight excluding hydrogens is 271 g/mol. The van der Waals surface area contributed by atoms with Crippen LogP contribution in [0.2, 0.25) is 0 Å². The van der Waals surface area contributed by atoms with E-state index in [4.69, 9.17) is 5.73 Å². The van der Waals surface area contributed by atoms with Crippen molar-refractivity contribution < 1.29 is 4.39 Å². The number of aryl methyl sites for hydroxylation is 2. The fraction of sp³-hybridized carbons (Fsp3) is 0.375. The zero-order chi connectivity index (χ0) is 14.7. The van der Waals surface area contributed by atoms with Gasteiger partial charge < -0.3 is 5.73 Å². The van der Waals surface area contributed by atoms with Gasteiger partial charge in [-0.15, -0.1) is 11.3 Å². The molecular formula is C16H21FN2S. The topological polar surface area (TPSA) is 29.3 Å². The molecule has 0 aliphatic heterocycles. The number of halogens is 1. The molecule has 0 saturated heterocycles. The maximum absolute atomic E-state index is 12.9. The van der Waals surface area contributed by atoms with E-state index in [0.717, 1.165) is 12.1 Å². The summed E-state index contributed by atoms with van der Waals surface area (Å²) >= 11 is 1.81. The van der Waals surface area contributed by atoms with Gasteiger partial charge in [-0.3, -0.25) is 4.90 Å². The van der Waals surface area contributed by atoms with Crippen LogP contribution in [-0.2, 0) is 6.54 Å². The van der Waals surface area contributed by atoms with E-state index >= 15 is 0 Å². The fourth-order valence-corrected chi connectivity index (χ4v) is 3.50. The van der Waals surface area contributed by atoms with Crippen molar-refractivity contribution in [2.24, 2.45) is 5.73 Å². The molecule has 2 aromatic rings. The van der Waals surface area contributed by atoms with Gasteiger partial charge in [0.2, 0.25) is 0 Å². The van der Waals surface area contributed by atoms with Gasteiger partial charge >= 0.3 is 0 Å². The summed E-state index contributed by atoms with van der Waals surface area (Å²) in [6.07, 6.45) is 0.